The van der Waals surface area contributed by atoms with Gasteiger partial charge in [0, 0.05) is 17.1 Å². The molecule has 0 atom stereocenters. The van der Waals surface area contributed by atoms with Crippen LogP contribution in [-0.4, -0.2) is 39.6 Å². The van der Waals surface area contributed by atoms with Gasteiger partial charge >= 0.3 is 0 Å². The summed E-state index contributed by atoms with van der Waals surface area (Å²) in [5.41, 5.74) is 0.132. The van der Waals surface area contributed by atoms with Gasteiger partial charge in [-0.15, -0.1) is 0 Å². The van der Waals surface area contributed by atoms with E-state index in [1.807, 2.05) is 0 Å². The Morgan fingerprint density at radius 3 is 2.48 bits per heavy atom. The van der Waals surface area contributed by atoms with Gasteiger partial charge < -0.3 is 20.5 Å². The van der Waals surface area contributed by atoms with Crippen LogP contribution in [0.5, 0.6) is 5.75 Å². The molecule has 0 unspecified atom stereocenters. The third kappa shape index (κ3) is 4.03. The molecule has 3 saturated carbocycles. The Bertz CT molecular complexity index is 962. The van der Waals surface area contributed by atoms with Crippen LogP contribution in [0.3, 0.4) is 0 Å². The fourth-order valence-electron chi connectivity index (χ4n) is 4.10. The van der Waals surface area contributed by atoms with E-state index in [9.17, 15) is 9.59 Å². The van der Waals surface area contributed by atoms with Crippen molar-refractivity contribution in [2.45, 2.75) is 36.9 Å². The lowest BCUT2D eigenvalue weighted by Crippen LogP contribution is -2.84. The minimum atomic E-state index is -0.300. The van der Waals surface area contributed by atoms with Crippen molar-refractivity contribution in [3.63, 3.8) is 0 Å². The molecule has 0 spiro atoms. The van der Waals surface area contributed by atoms with E-state index in [1.165, 1.54) is 0 Å². The molecular weight excluding hydrogens is 417 g/mol. The van der Waals surface area contributed by atoms with Gasteiger partial charge in [0.15, 0.2) is 6.61 Å². The second-order valence-electron chi connectivity index (χ2n) is 7.63. The standard InChI is InChI=1S/C20H19Cl2N3O4/c21-14-5-4-13(6-15(14)22)29-8-17(27)24-19-9-20(10-19,11-19)25-18(28)16-3-1-2-12(7-26)23-16/h1-6,26H,7-11H2,(H,24,27)(H,25,28). The number of pyridine rings is 1. The molecule has 0 aliphatic heterocycles. The predicted molar refractivity (Wildman–Crippen MR) is 107 cm³/mol. The number of aliphatic hydroxyl groups is 1. The lowest BCUT2D eigenvalue weighted by atomic mass is 9.44. The zero-order chi connectivity index (χ0) is 20.6. The van der Waals surface area contributed by atoms with Crippen molar-refractivity contribution in [1.82, 2.24) is 15.6 Å². The van der Waals surface area contributed by atoms with E-state index in [4.69, 9.17) is 33.0 Å². The molecule has 1 heterocycles. The monoisotopic (exact) mass is 435 g/mol. The SMILES string of the molecule is O=C(COc1ccc(Cl)c(Cl)c1)NC12CC(NC(=O)c3cccc(CO)n3)(C1)C2. The molecular formula is C20H19Cl2N3O4. The third-order valence-corrected chi connectivity index (χ3v) is 6.02. The summed E-state index contributed by atoms with van der Waals surface area (Å²) >= 11 is 11.8. The van der Waals surface area contributed by atoms with Crippen LogP contribution in [0.4, 0.5) is 0 Å². The highest BCUT2D eigenvalue weighted by molar-refractivity contribution is 6.42. The molecule has 2 amide bonds. The van der Waals surface area contributed by atoms with E-state index in [0.29, 0.717) is 40.8 Å². The van der Waals surface area contributed by atoms with Crippen molar-refractivity contribution in [1.29, 1.82) is 0 Å². The highest BCUT2D eigenvalue weighted by Gasteiger charge is 2.69. The number of hydrogen-bond acceptors (Lipinski definition) is 5. The van der Waals surface area contributed by atoms with Crippen LogP contribution in [0.1, 0.15) is 35.4 Å². The van der Waals surface area contributed by atoms with E-state index in [0.717, 1.165) is 0 Å². The zero-order valence-corrected chi connectivity index (χ0v) is 16.9. The summed E-state index contributed by atoms with van der Waals surface area (Å²) in [4.78, 5) is 28.7. The van der Waals surface area contributed by atoms with Crippen molar-refractivity contribution in [2.24, 2.45) is 0 Å². The van der Waals surface area contributed by atoms with Crippen LogP contribution in [-0.2, 0) is 11.4 Å². The first kappa shape index (κ1) is 19.9. The van der Waals surface area contributed by atoms with Crippen molar-refractivity contribution in [2.75, 3.05) is 6.61 Å². The Balaban J connectivity index is 1.24. The van der Waals surface area contributed by atoms with Crippen molar-refractivity contribution in [3.05, 3.63) is 57.8 Å². The number of carbonyl (C=O) groups is 2. The third-order valence-electron chi connectivity index (χ3n) is 5.28. The van der Waals surface area contributed by atoms with Gasteiger partial charge in [0.25, 0.3) is 11.8 Å². The largest absolute Gasteiger partial charge is 0.484 e. The smallest absolute Gasteiger partial charge is 0.270 e. The molecule has 2 aromatic rings. The number of nitrogens with one attached hydrogen (secondary N) is 2. The molecule has 1 aromatic heterocycles. The molecule has 5 rings (SSSR count). The summed E-state index contributed by atoms with van der Waals surface area (Å²) in [5, 5.41) is 15.9. The number of aliphatic hydroxyl groups excluding tert-OH is 1. The summed E-state index contributed by atoms with van der Waals surface area (Å²) in [5.74, 6) is -0.0376. The van der Waals surface area contributed by atoms with E-state index in [2.05, 4.69) is 15.6 Å². The maximum Gasteiger partial charge on any atom is 0.270 e. The molecule has 3 N–H and O–H groups in total. The molecule has 3 aliphatic rings. The molecule has 152 valence electrons. The number of ether oxygens (including phenoxy) is 1. The van der Waals surface area contributed by atoms with Crippen LogP contribution in [0.15, 0.2) is 36.4 Å². The lowest BCUT2D eigenvalue weighted by Gasteiger charge is -2.70. The van der Waals surface area contributed by atoms with Crippen molar-refractivity contribution >= 4 is 35.0 Å². The second-order valence-corrected chi connectivity index (χ2v) is 8.44. The second kappa shape index (κ2) is 7.48. The van der Waals surface area contributed by atoms with Gasteiger partial charge in [-0.05, 0) is 43.5 Å². The van der Waals surface area contributed by atoms with E-state index < -0.39 is 0 Å². The molecule has 3 aliphatic carbocycles. The maximum atomic E-state index is 12.4. The first-order valence-corrected chi connectivity index (χ1v) is 9.86. The molecule has 2 bridgehead atoms. The van der Waals surface area contributed by atoms with E-state index in [-0.39, 0.29) is 41.8 Å². The number of halogens is 2. The average molecular weight is 436 g/mol. The number of amides is 2. The minimum absolute atomic E-state index is 0.128. The van der Waals surface area contributed by atoms with Crippen LogP contribution in [0, 0.1) is 0 Å². The number of rotatable bonds is 7. The summed E-state index contributed by atoms with van der Waals surface area (Å²) in [6.45, 7) is -0.345. The molecule has 3 fully saturated rings. The summed E-state index contributed by atoms with van der Waals surface area (Å²) in [6.07, 6.45) is 2.01. The Kier molecular flexibility index (Phi) is 5.14. The predicted octanol–water partition coefficient (Wildman–Crippen LogP) is 2.48. The van der Waals surface area contributed by atoms with Crippen LogP contribution < -0.4 is 15.4 Å². The first-order valence-electron chi connectivity index (χ1n) is 9.10. The number of carbonyl (C=O) groups excluding carboxylic acids is 2. The van der Waals surface area contributed by atoms with Gasteiger partial charge in [-0.3, -0.25) is 9.59 Å². The normalized spacial score (nSPS) is 24.1. The molecule has 0 saturated heterocycles. The summed E-state index contributed by atoms with van der Waals surface area (Å²) in [7, 11) is 0. The Labute approximate surface area is 177 Å². The highest BCUT2D eigenvalue weighted by Crippen LogP contribution is 2.60. The van der Waals surface area contributed by atoms with Crippen LogP contribution in [0.25, 0.3) is 0 Å². The minimum Gasteiger partial charge on any atom is -0.484 e. The number of aromatic nitrogens is 1. The first-order chi connectivity index (χ1) is 13.8. The van der Waals surface area contributed by atoms with Gasteiger partial charge in [0.1, 0.15) is 11.4 Å². The van der Waals surface area contributed by atoms with Crippen molar-refractivity contribution < 1.29 is 19.4 Å². The van der Waals surface area contributed by atoms with E-state index in [1.54, 1.807) is 36.4 Å². The van der Waals surface area contributed by atoms with Crippen molar-refractivity contribution in [3.8, 4) is 5.75 Å². The molecule has 29 heavy (non-hydrogen) atoms. The topological polar surface area (TPSA) is 101 Å². The zero-order valence-electron chi connectivity index (χ0n) is 15.4. The fourth-order valence-corrected chi connectivity index (χ4v) is 4.39. The Hall–Kier alpha value is -2.35. The molecule has 1 aromatic carbocycles. The Morgan fingerprint density at radius 1 is 1.07 bits per heavy atom. The van der Waals surface area contributed by atoms with Gasteiger partial charge in [0.05, 0.1) is 22.3 Å². The quantitative estimate of drug-likeness (QED) is 0.619. The average Bonchev–Trinajstić information content (AvgIpc) is 2.66. The molecule has 0 radical (unpaired) electrons. The molecule has 7 nitrogen and oxygen atoms in total. The fraction of sp³-hybridized carbons (Fsp3) is 0.350. The number of nitrogens with zero attached hydrogens (tertiary/aromatic N) is 1. The maximum absolute atomic E-state index is 12.4. The van der Waals surface area contributed by atoms with Crippen LogP contribution >= 0.6 is 23.2 Å². The Morgan fingerprint density at radius 2 is 1.79 bits per heavy atom. The summed E-state index contributed by atoms with van der Waals surface area (Å²) in [6, 6.07) is 9.76. The van der Waals surface area contributed by atoms with Gasteiger partial charge in [0.2, 0.25) is 0 Å². The summed E-state index contributed by atoms with van der Waals surface area (Å²) < 4.78 is 5.45. The lowest BCUT2D eigenvalue weighted by molar-refractivity contribution is -0.141. The number of hydrogen-bond donors (Lipinski definition) is 3. The molecule has 9 heteroatoms. The van der Waals surface area contributed by atoms with Gasteiger partial charge in [-0.2, -0.15) is 0 Å². The van der Waals surface area contributed by atoms with Gasteiger partial charge in [-0.1, -0.05) is 29.3 Å². The highest BCUT2D eigenvalue weighted by atomic mass is 35.5. The van der Waals surface area contributed by atoms with E-state index >= 15 is 0 Å². The van der Waals surface area contributed by atoms with Gasteiger partial charge in [-0.25, -0.2) is 4.98 Å². The number of benzene rings is 1. The van der Waals surface area contributed by atoms with Crippen LogP contribution in [0.2, 0.25) is 10.0 Å².